The Labute approximate surface area is 110 Å². The fraction of sp³-hybridized carbons (Fsp3) is 0.562. The van der Waals surface area contributed by atoms with Gasteiger partial charge in [0.15, 0.2) is 5.78 Å². The minimum Gasteiger partial charge on any atom is -0.303 e. The van der Waals surface area contributed by atoms with Gasteiger partial charge in [-0.1, -0.05) is 44.2 Å². The molecule has 1 atom stereocenters. The number of piperidine rings is 1. The summed E-state index contributed by atoms with van der Waals surface area (Å²) in [6.07, 6.45) is 2.54. The van der Waals surface area contributed by atoms with Crippen LogP contribution in [0.25, 0.3) is 0 Å². The van der Waals surface area contributed by atoms with Gasteiger partial charge in [0.1, 0.15) is 0 Å². The third-order valence-corrected chi connectivity index (χ3v) is 3.91. The van der Waals surface area contributed by atoms with E-state index < -0.39 is 0 Å². The Kier molecular flexibility index (Phi) is 4.54. The van der Waals surface area contributed by atoms with E-state index in [2.05, 4.69) is 11.8 Å². The van der Waals surface area contributed by atoms with Crippen LogP contribution < -0.4 is 0 Å². The maximum absolute atomic E-state index is 12.3. The van der Waals surface area contributed by atoms with Crippen LogP contribution in [0.1, 0.15) is 37.0 Å². The van der Waals surface area contributed by atoms with Gasteiger partial charge in [0, 0.05) is 18.0 Å². The second kappa shape index (κ2) is 6.14. The van der Waals surface area contributed by atoms with Gasteiger partial charge >= 0.3 is 0 Å². The van der Waals surface area contributed by atoms with Crippen molar-refractivity contribution in [1.29, 1.82) is 0 Å². The SMILES string of the molecule is CC1CCN(C[C@H](C)C(=O)c2ccccc2)CC1. The second-order valence-corrected chi connectivity index (χ2v) is 5.61. The molecule has 2 rings (SSSR count). The lowest BCUT2D eigenvalue weighted by atomic mass is 9.95. The van der Waals surface area contributed by atoms with Crippen LogP contribution in [0.15, 0.2) is 30.3 Å². The topological polar surface area (TPSA) is 20.3 Å². The third kappa shape index (κ3) is 3.42. The molecule has 1 aliphatic heterocycles. The van der Waals surface area contributed by atoms with E-state index in [4.69, 9.17) is 0 Å². The van der Waals surface area contributed by atoms with Crippen LogP contribution in [0.4, 0.5) is 0 Å². The van der Waals surface area contributed by atoms with Crippen molar-refractivity contribution >= 4 is 5.78 Å². The van der Waals surface area contributed by atoms with Gasteiger partial charge in [-0.05, 0) is 31.8 Å². The molecule has 1 heterocycles. The molecular weight excluding hydrogens is 222 g/mol. The number of ketones is 1. The highest BCUT2D eigenvalue weighted by Gasteiger charge is 2.21. The first-order valence-electron chi connectivity index (χ1n) is 6.98. The molecule has 0 N–H and O–H groups in total. The highest BCUT2D eigenvalue weighted by Crippen LogP contribution is 2.18. The fourth-order valence-corrected chi connectivity index (χ4v) is 2.60. The molecule has 1 fully saturated rings. The van der Waals surface area contributed by atoms with E-state index in [1.807, 2.05) is 37.3 Å². The second-order valence-electron chi connectivity index (χ2n) is 5.61. The minimum absolute atomic E-state index is 0.0980. The molecule has 0 amide bonds. The Morgan fingerprint density at radius 3 is 2.50 bits per heavy atom. The van der Waals surface area contributed by atoms with Crippen LogP contribution in [0, 0.1) is 11.8 Å². The van der Waals surface area contributed by atoms with E-state index in [0.29, 0.717) is 0 Å². The summed E-state index contributed by atoms with van der Waals surface area (Å²) in [7, 11) is 0. The highest BCUT2D eigenvalue weighted by molar-refractivity contribution is 5.97. The van der Waals surface area contributed by atoms with Crippen LogP contribution in [-0.2, 0) is 0 Å². The van der Waals surface area contributed by atoms with Gasteiger partial charge in [0.05, 0.1) is 0 Å². The zero-order chi connectivity index (χ0) is 13.0. The molecule has 2 nitrogen and oxygen atoms in total. The zero-order valence-corrected chi connectivity index (χ0v) is 11.4. The van der Waals surface area contributed by atoms with Crippen molar-refractivity contribution in [3.63, 3.8) is 0 Å². The number of likely N-dealkylation sites (tertiary alicyclic amines) is 1. The normalized spacial score (nSPS) is 19.7. The van der Waals surface area contributed by atoms with Crippen molar-refractivity contribution in [2.24, 2.45) is 11.8 Å². The molecule has 1 aliphatic rings. The van der Waals surface area contributed by atoms with Gasteiger partial charge in [-0.25, -0.2) is 0 Å². The van der Waals surface area contributed by atoms with Crippen molar-refractivity contribution in [2.75, 3.05) is 19.6 Å². The minimum atomic E-state index is 0.0980. The van der Waals surface area contributed by atoms with Crippen LogP contribution in [0.2, 0.25) is 0 Å². The summed E-state index contributed by atoms with van der Waals surface area (Å²) in [5.41, 5.74) is 0.843. The molecule has 2 heteroatoms. The number of Topliss-reactive ketones (excluding diaryl/α,β-unsaturated/α-hetero) is 1. The summed E-state index contributed by atoms with van der Waals surface area (Å²) in [6, 6.07) is 9.65. The number of rotatable bonds is 4. The quantitative estimate of drug-likeness (QED) is 0.759. The Balaban J connectivity index is 1.88. The van der Waals surface area contributed by atoms with E-state index in [9.17, 15) is 4.79 Å². The highest BCUT2D eigenvalue weighted by atomic mass is 16.1. The fourth-order valence-electron chi connectivity index (χ4n) is 2.60. The first-order valence-corrected chi connectivity index (χ1v) is 6.98. The van der Waals surface area contributed by atoms with Gasteiger partial charge in [-0.3, -0.25) is 4.79 Å². The molecule has 1 aromatic rings. The predicted molar refractivity (Wildman–Crippen MR) is 74.8 cm³/mol. The van der Waals surface area contributed by atoms with Crippen molar-refractivity contribution in [2.45, 2.75) is 26.7 Å². The summed E-state index contributed by atoms with van der Waals surface area (Å²) in [6.45, 7) is 7.56. The summed E-state index contributed by atoms with van der Waals surface area (Å²) in [5.74, 6) is 1.22. The largest absolute Gasteiger partial charge is 0.303 e. The van der Waals surface area contributed by atoms with Crippen LogP contribution in [0.3, 0.4) is 0 Å². The third-order valence-electron chi connectivity index (χ3n) is 3.91. The first-order chi connectivity index (χ1) is 8.66. The van der Waals surface area contributed by atoms with Crippen molar-refractivity contribution in [1.82, 2.24) is 4.90 Å². The lowest BCUT2D eigenvalue weighted by Gasteiger charge is -2.31. The smallest absolute Gasteiger partial charge is 0.166 e. The molecule has 0 saturated carbocycles. The molecular formula is C16H23NO. The van der Waals surface area contributed by atoms with Gasteiger partial charge in [-0.2, -0.15) is 0 Å². The van der Waals surface area contributed by atoms with Gasteiger partial charge in [-0.15, -0.1) is 0 Å². The number of nitrogens with zero attached hydrogens (tertiary/aromatic N) is 1. The Hall–Kier alpha value is -1.15. The van der Waals surface area contributed by atoms with Crippen molar-refractivity contribution in [3.05, 3.63) is 35.9 Å². The lowest BCUT2D eigenvalue weighted by molar-refractivity contribution is 0.0873. The van der Waals surface area contributed by atoms with E-state index >= 15 is 0 Å². The molecule has 0 spiro atoms. The van der Waals surface area contributed by atoms with Crippen LogP contribution in [-0.4, -0.2) is 30.3 Å². The Bertz CT molecular complexity index is 379. The van der Waals surface area contributed by atoms with E-state index in [-0.39, 0.29) is 11.7 Å². The molecule has 0 bridgehead atoms. The monoisotopic (exact) mass is 245 g/mol. The zero-order valence-electron chi connectivity index (χ0n) is 11.4. The summed E-state index contributed by atoms with van der Waals surface area (Å²) >= 11 is 0. The maximum atomic E-state index is 12.3. The molecule has 0 aromatic heterocycles. The number of carbonyl (C=O) groups excluding carboxylic acids is 1. The van der Waals surface area contributed by atoms with Crippen molar-refractivity contribution < 1.29 is 4.79 Å². The number of hydrogen-bond acceptors (Lipinski definition) is 2. The summed E-state index contributed by atoms with van der Waals surface area (Å²) in [5, 5.41) is 0. The average Bonchev–Trinajstić information content (AvgIpc) is 2.41. The maximum Gasteiger partial charge on any atom is 0.166 e. The standard InChI is InChI=1S/C16H23NO/c1-13-8-10-17(11-9-13)12-14(2)16(18)15-6-4-3-5-7-15/h3-7,13-14H,8-12H2,1-2H3/t14-/m0/s1. The Morgan fingerprint density at radius 1 is 1.28 bits per heavy atom. The lowest BCUT2D eigenvalue weighted by Crippen LogP contribution is -2.37. The molecule has 1 aromatic carbocycles. The molecule has 98 valence electrons. The van der Waals surface area contributed by atoms with Crippen LogP contribution in [0.5, 0.6) is 0 Å². The predicted octanol–water partition coefficient (Wildman–Crippen LogP) is 3.24. The number of hydrogen-bond donors (Lipinski definition) is 0. The molecule has 0 aliphatic carbocycles. The number of benzene rings is 1. The van der Waals surface area contributed by atoms with E-state index in [1.54, 1.807) is 0 Å². The van der Waals surface area contributed by atoms with Crippen LogP contribution >= 0.6 is 0 Å². The molecule has 18 heavy (non-hydrogen) atoms. The summed E-state index contributed by atoms with van der Waals surface area (Å²) < 4.78 is 0. The molecule has 0 unspecified atom stereocenters. The van der Waals surface area contributed by atoms with Crippen molar-refractivity contribution in [3.8, 4) is 0 Å². The van der Waals surface area contributed by atoms with E-state index in [0.717, 1.165) is 31.1 Å². The molecule has 0 radical (unpaired) electrons. The van der Waals surface area contributed by atoms with E-state index in [1.165, 1.54) is 12.8 Å². The first kappa shape index (κ1) is 13.3. The average molecular weight is 245 g/mol. The van der Waals surface area contributed by atoms with Gasteiger partial charge < -0.3 is 4.90 Å². The van der Waals surface area contributed by atoms with Gasteiger partial charge in [0.2, 0.25) is 0 Å². The van der Waals surface area contributed by atoms with Gasteiger partial charge in [0.25, 0.3) is 0 Å². The number of carbonyl (C=O) groups is 1. The molecule has 1 saturated heterocycles. The Morgan fingerprint density at radius 2 is 1.89 bits per heavy atom. The summed E-state index contributed by atoms with van der Waals surface area (Å²) in [4.78, 5) is 14.7.